The minimum atomic E-state index is -1.08. The minimum absolute atomic E-state index is 0.0446. The molecule has 41 heavy (non-hydrogen) atoms. The van der Waals surface area contributed by atoms with Gasteiger partial charge in [-0.15, -0.1) is 0 Å². The number of nitrogens with one attached hydrogen (secondary N) is 1. The number of nitro groups is 1. The molecule has 2 heterocycles. The molecule has 3 aromatic carbocycles. The normalized spacial score (nSPS) is 15.3. The van der Waals surface area contributed by atoms with Gasteiger partial charge in [-0.05, 0) is 104 Å². The van der Waals surface area contributed by atoms with Crippen molar-refractivity contribution in [3.05, 3.63) is 101 Å². The summed E-state index contributed by atoms with van der Waals surface area (Å²) in [4.78, 5) is 45.1. The monoisotopic (exact) mass is 746 g/mol. The van der Waals surface area contributed by atoms with Crippen LogP contribution in [-0.2, 0) is 16.0 Å². The summed E-state index contributed by atoms with van der Waals surface area (Å²) < 4.78 is 6.61. The molecule has 1 fully saturated rings. The lowest BCUT2D eigenvalue weighted by atomic mass is 10.1. The van der Waals surface area contributed by atoms with Crippen molar-refractivity contribution < 1.29 is 24.4 Å². The standard InChI is InChI=1S/C28H20BrIN4O6S/c29-21-11-16(12-22(30)26(21)40-15-25(35)36)13-24-27(37)33(10-9-17-14-31-23-4-2-1-3-20(17)23)28(41-24)32-18-5-7-19(8-6-18)34(38)39/h1-8,11-14,31H,9-10,15H2,(H,35,36)/b24-13-,32-28?. The molecule has 1 aromatic heterocycles. The predicted molar refractivity (Wildman–Crippen MR) is 169 cm³/mol. The van der Waals surface area contributed by atoms with E-state index in [0.29, 0.717) is 48.1 Å². The number of halogens is 2. The van der Waals surface area contributed by atoms with Crippen molar-refractivity contribution in [1.29, 1.82) is 0 Å². The number of fused-ring (bicyclic) bond motifs is 1. The lowest BCUT2D eigenvalue weighted by molar-refractivity contribution is -0.384. The third-order valence-electron chi connectivity index (χ3n) is 6.11. The average molecular weight is 747 g/mol. The Hall–Kier alpha value is -3.69. The van der Waals surface area contributed by atoms with Crippen LogP contribution in [0.2, 0.25) is 0 Å². The number of amidine groups is 1. The second kappa shape index (κ2) is 12.4. The number of aliphatic carboxylic acids is 1. The number of H-pyrrole nitrogens is 1. The number of aromatic nitrogens is 1. The highest BCUT2D eigenvalue weighted by Crippen LogP contribution is 2.37. The van der Waals surface area contributed by atoms with Gasteiger partial charge in [0.2, 0.25) is 0 Å². The molecule has 10 nitrogen and oxygen atoms in total. The number of benzene rings is 3. The first-order valence-corrected chi connectivity index (χ1v) is 14.8. The number of hydrogen-bond donors (Lipinski definition) is 2. The molecule has 1 amide bonds. The molecule has 0 radical (unpaired) electrons. The lowest BCUT2D eigenvalue weighted by Crippen LogP contribution is -2.31. The number of carboxylic acids is 1. The zero-order valence-corrected chi connectivity index (χ0v) is 25.6. The van der Waals surface area contributed by atoms with Crippen LogP contribution >= 0.6 is 50.3 Å². The fraction of sp³-hybridized carbons (Fsp3) is 0.107. The smallest absolute Gasteiger partial charge is 0.341 e. The van der Waals surface area contributed by atoms with E-state index in [1.165, 1.54) is 23.9 Å². The van der Waals surface area contributed by atoms with E-state index in [0.717, 1.165) is 16.5 Å². The topological polar surface area (TPSA) is 138 Å². The molecule has 208 valence electrons. The summed E-state index contributed by atoms with van der Waals surface area (Å²) in [5.74, 6) is -0.895. The van der Waals surface area contributed by atoms with Gasteiger partial charge in [0.15, 0.2) is 11.8 Å². The fourth-order valence-electron chi connectivity index (χ4n) is 4.20. The number of aromatic amines is 1. The maximum atomic E-state index is 13.6. The zero-order chi connectivity index (χ0) is 29.1. The molecule has 0 spiro atoms. The van der Waals surface area contributed by atoms with Gasteiger partial charge in [-0.1, -0.05) is 18.2 Å². The Morgan fingerprint density at radius 2 is 1.98 bits per heavy atom. The van der Waals surface area contributed by atoms with Gasteiger partial charge in [-0.3, -0.25) is 19.8 Å². The lowest BCUT2D eigenvalue weighted by Gasteiger charge is -2.15. The Bertz CT molecular complexity index is 1710. The molecule has 0 unspecified atom stereocenters. The van der Waals surface area contributed by atoms with Crippen LogP contribution in [0.5, 0.6) is 5.75 Å². The first-order valence-electron chi connectivity index (χ1n) is 12.1. The van der Waals surface area contributed by atoms with Crippen LogP contribution in [0.1, 0.15) is 11.1 Å². The van der Waals surface area contributed by atoms with Crippen molar-refractivity contribution in [2.75, 3.05) is 13.2 Å². The van der Waals surface area contributed by atoms with Gasteiger partial charge in [-0.2, -0.15) is 0 Å². The van der Waals surface area contributed by atoms with Gasteiger partial charge in [0.05, 0.1) is 23.6 Å². The quantitative estimate of drug-likeness (QED) is 0.0836. The number of carbonyl (C=O) groups excluding carboxylic acids is 1. The maximum Gasteiger partial charge on any atom is 0.341 e. The molecule has 1 saturated heterocycles. The van der Waals surface area contributed by atoms with Gasteiger partial charge in [0, 0.05) is 35.8 Å². The predicted octanol–water partition coefficient (Wildman–Crippen LogP) is 6.75. The molecule has 0 aliphatic carbocycles. The van der Waals surface area contributed by atoms with Crippen molar-refractivity contribution in [2.45, 2.75) is 6.42 Å². The summed E-state index contributed by atoms with van der Waals surface area (Å²) in [6.45, 7) is -0.0999. The number of thioether (sulfide) groups is 1. The third kappa shape index (κ3) is 6.63. The minimum Gasteiger partial charge on any atom is -0.480 e. The molecule has 0 bridgehead atoms. The van der Waals surface area contributed by atoms with Crippen LogP contribution in [0.15, 0.2) is 81.2 Å². The number of non-ortho nitro benzene ring substituents is 1. The summed E-state index contributed by atoms with van der Waals surface area (Å²) in [6.07, 6.45) is 4.27. The van der Waals surface area contributed by atoms with Crippen LogP contribution in [-0.4, -0.2) is 50.1 Å². The number of rotatable bonds is 9. The Labute approximate surface area is 259 Å². The van der Waals surface area contributed by atoms with Crippen LogP contribution < -0.4 is 4.74 Å². The van der Waals surface area contributed by atoms with E-state index in [2.05, 4.69) is 48.5 Å². The fourth-order valence-corrected chi connectivity index (χ4v) is 7.00. The number of ether oxygens (including phenoxy) is 1. The second-order valence-corrected chi connectivity index (χ2v) is 11.9. The van der Waals surface area contributed by atoms with E-state index in [9.17, 15) is 19.7 Å². The number of para-hydroxylation sites is 1. The summed E-state index contributed by atoms with van der Waals surface area (Å²) in [5.41, 5.74) is 3.24. The van der Waals surface area contributed by atoms with Crippen LogP contribution in [0.4, 0.5) is 11.4 Å². The van der Waals surface area contributed by atoms with Gasteiger partial charge in [0.1, 0.15) is 5.75 Å². The van der Waals surface area contributed by atoms with E-state index in [-0.39, 0.29) is 11.6 Å². The molecule has 0 atom stereocenters. The molecular formula is C28H20BrIN4O6S. The Morgan fingerprint density at radius 3 is 2.68 bits per heavy atom. The molecule has 5 rings (SSSR count). The summed E-state index contributed by atoms with van der Waals surface area (Å²) in [6, 6.07) is 17.3. The van der Waals surface area contributed by atoms with Crippen LogP contribution in [0, 0.1) is 13.7 Å². The van der Waals surface area contributed by atoms with Crippen molar-refractivity contribution in [3.8, 4) is 5.75 Å². The largest absolute Gasteiger partial charge is 0.480 e. The van der Waals surface area contributed by atoms with E-state index < -0.39 is 17.5 Å². The summed E-state index contributed by atoms with van der Waals surface area (Å²) >= 11 is 6.70. The number of amides is 1. The van der Waals surface area contributed by atoms with Crippen molar-refractivity contribution in [3.63, 3.8) is 0 Å². The number of carboxylic acid groups (broad SMARTS) is 1. The van der Waals surface area contributed by atoms with E-state index in [1.54, 1.807) is 35.2 Å². The number of nitrogens with zero attached hydrogens (tertiary/aromatic N) is 3. The third-order valence-corrected chi connectivity index (χ3v) is 8.51. The van der Waals surface area contributed by atoms with Gasteiger partial charge < -0.3 is 14.8 Å². The van der Waals surface area contributed by atoms with Crippen molar-refractivity contribution in [2.24, 2.45) is 4.99 Å². The number of nitro benzene ring substituents is 1. The van der Waals surface area contributed by atoms with Crippen molar-refractivity contribution >= 4 is 95.7 Å². The molecule has 0 saturated carbocycles. The average Bonchev–Trinajstić information content (AvgIpc) is 3.47. The molecule has 4 aromatic rings. The SMILES string of the molecule is O=C(O)COc1c(Br)cc(/C=C2\SC(=Nc3ccc([N+](=O)[O-])cc3)N(CCc3c[nH]c4ccccc34)C2=O)cc1I. The van der Waals surface area contributed by atoms with E-state index in [1.807, 2.05) is 30.5 Å². The number of aliphatic imine (C=N–C) groups is 1. The Balaban J connectivity index is 1.45. The highest BCUT2D eigenvalue weighted by molar-refractivity contribution is 14.1. The highest BCUT2D eigenvalue weighted by atomic mass is 127. The van der Waals surface area contributed by atoms with Gasteiger partial charge >= 0.3 is 5.97 Å². The maximum absolute atomic E-state index is 13.6. The molecule has 1 aliphatic rings. The molecular weight excluding hydrogens is 727 g/mol. The van der Waals surface area contributed by atoms with Crippen molar-refractivity contribution in [1.82, 2.24) is 9.88 Å². The molecule has 2 N–H and O–H groups in total. The number of carbonyl (C=O) groups is 2. The molecule has 1 aliphatic heterocycles. The Morgan fingerprint density at radius 1 is 1.22 bits per heavy atom. The van der Waals surface area contributed by atoms with Crippen LogP contribution in [0.3, 0.4) is 0 Å². The number of hydrogen-bond acceptors (Lipinski definition) is 7. The van der Waals surface area contributed by atoms with Gasteiger partial charge in [0.25, 0.3) is 11.6 Å². The van der Waals surface area contributed by atoms with Crippen LogP contribution in [0.25, 0.3) is 17.0 Å². The highest BCUT2D eigenvalue weighted by Gasteiger charge is 2.33. The zero-order valence-electron chi connectivity index (χ0n) is 21.0. The Kier molecular flexibility index (Phi) is 8.75. The summed E-state index contributed by atoms with van der Waals surface area (Å²) in [5, 5.41) is 21.5. The van der Waals surface area contributed by atoms with E-state index in [4.69, 9.17) is 9.84 Å². The first-order chi connectivity index (χ1) is 19.7. The molecule has 13 heteroatoms. The van der Waals surface area contributed by atoms with Gasteiger partial charge in [-0.25, -0.2) is 9.79 Å². The van der Waals surface area contributed by atoms with E-state index >= 15 is 0 Å². The summed E-state index contributed by atoms with van der Waals surface area (Å²) in [7, 11) is 0. The second-order valence-electron chi connectivity index (χ2n) is 8.84. The first kappa shape index (κ1) is 28.8.